The molecule has 4 nitrogen and oxygen atoms in total. The van der Waals surface area contributed by atoms with Crippen LogP contribution in [0.1, 0.15) is 62.0 Å². The molecule has 0 unspecified atom stereocenters. The lowest BCUT2D eigenvalue weighted by atomic mass is 10.1. The highest BCUT2D eigenvalue weighted by Crippen LogP contribution is 2.22. The summed E-state index contributed by atoms with van der Waals surface area (Å²) in [5.74, 6) is 0.00381. The predicted molar refractivity (Wildman–Crippen MR) is 104 cm³/mol. The van der Waals surface area contributed by atoms with Crippen LogP contribution in [0.3, 0.4) is 0 Å². The molecule has 0 spiro atoms. The number of nitrogens with zero attached hydrogens (tertiary/aromatic N) is 2. The van der Waals surface area contributed by atoms with Crippen LogP contribution in [0.25, 0.3) is 0 Å². The van der Waals surface area contributed by atoms with Crippen LogP contribution in [0, 0.1) is 0 Å². The molecule has 0 radical (unpaired) electrons. The van der Waals surface area contributed by atoms with Gasteiger partial charge in [-0.1, -0.05) is 19.4 Å². The number of rotatable bonds is 6. The largest absolute Gasteiger partial charge is 0.496 e. The van der Waals surface area contributed by atoms with Gasteiger partial charge in [-0.05, 0) is 62.8 Å². The Kier molecular flexibility index (Phi) is 6.75. The number of unbranched alkanes of at least 4 members (excludes halogenated alkanes) is 1. The second-order valence-electron chi connectivity index (χ2n) is 7.24. The SMILES string of the molecule is CCCCc1cn(C(C)(C)C)s/c1=N\C(=O)c1cc(CF)ccc1OC. The number of carbonyl (C=O) groups excluding carboxylic acids is 1. The van der Waals surface area contributed by atoms with Gasteiger partial charge >= 0.3 is 0 Å². The zero-order valence-corrected chi connectivity index (χ0v) is 17.0. The quantitative estimate of drug-likeness (QED) is 0.720. The Balaban J connectivity index is 2.51. The molecule has 0 N–H and O–H groups in total. The number of ether oxygens (including phenoxy) is 1. The molecule has 6 heteroatoms. The number of carbonyl (C=O) groups is 1. The summed E-state index contributed by atoms with van der Waals surface area (Å²) in [6, 6.07) is 4.74. The van der Waals surface area contributed by atoms with E-state index in [1.165, 1.54) is 24.7 Å². The Hall–Kier alpha value is -1.95. The van der Waals surface area contributed by atoms with E-state index >= 15 is 0 Å². The molecular weight excluding hydrogens is 351 g/mol. The Morgan fingerprint density at radius 2 is 2.08 bits per heavy atom. The van der Waals surface area contributed by atoms with Crippen LogP contribution < -0.4 is 9.41 Å². The number of aryl methyl sites for hydroxylation is 1. The minimum atomic E-state index is -0.630. The van der Waals surface area contributed by atoms with Crippen LogP contribution in [0.2, 0.25) is 0 Å². The molecule has 2 aromatic rings. The second kappa shape index (κ2) is 8.62. The summed E-state index contributed by atoms with van der Waals surface area (Å²) in [4.78, 5) is 17.1. The molecule has 0 atom stereocenters. The van der Waals surface area contributed by atoms with E-state index in [0.717, 1.165) is 24.8 Å². The topological polar surface area (TPSA) is 43.6 Å². The zero-order chi connectivity index (χ0) is 19.3. The molecule has 1 amide bonds. The number of halogens is 1. The van der Waals surface area contributed by atoms with Crippen molar-refractivity contribution in [3.63, 3.8) is 0 Å². The van der Waals surface area contributed by atoms with Crippen molar-refractivity contribution in [2.24, 2.45) is 4.99 Å². The van der Waals surface area contributed by atoms with Gasteiger partial charge in [0.2, 0.25) is 0 Å². The van der Waals surface area contributed by atoms with Gasteiger partial charge in [-0.15, -0.1) is 0 Å². The lowest BCUT2D eigenvalue weighted by Gasteiger charge is -2.19. The summed E-state index contributed by atoms with van der Waals surface area (Å²) in [5, 5.41) is 0. The minimum absolute atomic E-state index is 0.0751. The molecule has 0 fully saturated rings. The van der Waals surface area contributed by atoms with Crippen LogP contribution >= 0.6 is 11.5 Å². The number of aromatic nitrogens is 1. The third-order valence-corrected chi connectivity index (χ3v) is 5.42. The lowest BCUT2D eigenvalue weighted by Crippen LogP contribution is -2.18. The fourth-order valence-corrected chi connectivity index (χ4v) is 3.53. The Morgan fingerprint density at radius 1 is 1.35 bits per heavy atom. The Morgan fingerprint density at radius 3 is 2.65 bits per heavy atom. The van der Waals surface area contributed by atoms with Crippen LogP contribution in [0.4, 0.5) is 4.39 Å². The van der Waals surface area contributed by atoms with Gasteiger partial charge in [0, 0.05) is 17.3 Å². The number of hydrogen-bond donors (Lipinski definition) is 0. The first kappa shape index (κ1) is 20.4. The maximum Gasteiger partial charge on any atom is 0.282 e. The van der Waals surface area contributed by atoms with Crippen molar-refractivity contribution in [2.75, 3.05) is 7.11 Å². The first-order chi connectivity index (χ1) is 12.3. The first-order valence-corrected chi connectivity index (χ1v) is 9.61. The van der Waals surface area contributed by atoms with Gasteiger partial charge in [0.25, 0.3) is 5.91 Å². The third-order valence-electron chi connectivity index (χ3n) is 4.05. The molecule has 0 saturated heterocycles. The maximum absolute atomic E-state index is 13.0. The summed E-state index contributed by atoms with van der Waals surface area (Å²) >= 11 is 1.48. The number of methoxy groups -OCH3 is 1. The Labute approximate surface area is 158 Å². The van der Waals surface area contributed by atoms with Crippen LogP contribution in [-0.2, 0) is 18.6 Å². The van der Waals surface area contributed by atoms with Gasteiger partial charge in [-0.2, -0.15) is 4.99 Å². The summed E-state index contributed by atoms with van der Waals surface area (Å²) in [7, 11) is 1.49. The molecule has 142 valence electrons. The van der Waals surface area contributed by atoms with Gasteiger partial charge in [0.1, 0.15) is 17.1 Å². The number of hydrogen-bond acceptors (Lipinski definition) is 3. The Bertz CT molecular complexity index is 831. The zero-order valence-electron chi connectivity index (χ0n) is 16.1. The molecule has 0 bridgehead atoms. The van der Waals surface area contributed by atoms with Crippen molar-refractivity contribution < 1.29 is 13.9 Å². The summed E-state index contributed by atoms with van der Waals surface area (Å²) < 4.78 is 21.1. The number of benzene rings is 1. The van der Waals surface area contributed by atoms with E-state index in [-0.39, 0.29) is 5.54 Å². The highest BCUT2D eigenvalue weighted by atomic mass is 32.1. The molecule has 26 heavy (non-hydrogen) atoms. The van der Waals surface area contributed by atoms with Crippen molar-refractivity contribution in [1.29, 1.82) is 0 Å². The molecule has 1 heterocycles. The molecule has 0 aliphatic rings. The summed E-state index contributed by atoms with van der Waals surface area (Å²) in [6.07, 6.45) is 5.08. The average molecular weight is 379 g/mol. The van der Waals surface area contributed by atoms with Gasteiger partial charge < -0.3 is 4.74 Å². The molecule has 0 saturated carbocycles. The molecule has 1 aromatic carbocycles. The van der Waals surface area contributed by atoms with E-state index in [1.807, 2.05) is 0 Å². The second-order valence-corrected chi connectivity index (χ2v) is 8.20. The van der Waals surface area contributed by atoms with E-state index in [2.05, 4.69) is 42.8 Å². The third kappa shape index (κ3) is 4.81. The smallest absolute Gasteiger partial charge is 0.282 e. The number of amides is 1. The molecule has 2 rings (SSSR count). The van der Waals surface area contributed by atoms with Gasteiger partial charge in [-0.3, -0.25) is 8.75 Å². The normalized spacial score (nSPS) is 12.5. The highest BCUT2D eigenvalue weighted by molar-refractivity contribution is 7.04. The fraction of sp³-hybridized carbons (Fsp3) is 0.500. The standard InChI is InChI=1S/C20H27FN2O2S/c1-6-7-8-15-13-23(20(2,3)4)26-19(15)22-18(24)16-11-14(12-21)9-10-17(16)25-5/h9-11,13H,6-8,12H2,1-5H3/b22-19-. The van der Waals surface area contributed by atoms with Crippen molar-refractivity contribution in [2.45, 2.75) is 59.2 Å². The van der Waals surface area contributed by atoms with Crippen molar-refractivity contribution in [3.8, 4) is 5.75 Å². The van der Waals surface area contributed by atoms with E-state index < -0.39 is 12.6 Å². The van der Waals surface area contributed by atoms with Crippen LogP contribution in [-0.4, -0.2) is 17.0 Å². The molecular formula is C20H27FN2O2S. The molecule has 0 aliphatic heterocycles. The van der Waals surface area contributed by atoms with Crippen molar-refractivity contribution in [3.05, 3.63) is 45.8 Å². The molecule has 1 aromatic heterocycles. The fourth-order valence-electron chi connectivity index (χ4n) is 2.49. The monoisotopic (exact) mass is 378 g/mol. The van der Waals surface area contributed by atoms with Crippen molar-refractivity contribution in [1.82, 2.24) is 3.96 Å². The summed E-state index contributed by atoms with van der Waals surface area (Å²) in [5.41, 5.74) is 1.72. The van der Waals surface area contributed by atoms with Crippen LogP contribution in [0.5, 0.6) is 5.75 Å². The van der Waals surface area contributed by atoms with Crippen molar-refractivity contribution >= 4 is 17.4 Å². The van der Waals surface area contributed by atoms with Crippen LogP contribution in [0.15, 0.2) is 29.4 Å². The van der Waals surface area contributed by atoms with Gasteiger partial charge in [-0.25, -0.2) is 4.39 Å². The minimum Gasteiger partial charge on any atom is -0.496 e. The van der Waals surface area contributed by atoms with E-state index in [4.69, 9.17) is 4.74 Å². The van der Waals surface area contributed by atoms with E-state index in [0.29, 0.717) is 21.5 Å². The average Bonchev–Trinajstić information content (AvgIpc) is 3.02. The maximum atomic E-state index is 13.0. The lowest BCUT2D eigenvalue weighted by molar-refractivity contribution is 0.0995. The number of alkyl halides is 1. The van der Waals surface area contributed by atoms with Gasteiger partial charge in [0.05, 0.1) is 12.7 Å². The predicted octanol–water partition coefficient (Wildman–Crippen LogP) is 4.87. The van der Waals surface area contributed by atoms with E-state index in [9.17, 15) is 9.18 Å². The molecule has 0 aliphatic carbocycles. The van der Waals surface area contributed by atoms with E-state index in [1.54, 1.807) is 12.1 Å². The van der Waals surface area contributed by atoms with Gasteiger partial charge in [0.15, 0.2) is 0 Å². The highest BCUT2D eigenvalue weighted by Gasteiger charge is 2.17. The first-order valence-electron chi connectivity index (χ1n) is 8.84. The summed E-state index contributed by atoms with van der Waals surface area (Å²) in [6.45, 7) is 7.86.